The molecule has 0 bridgehead atoms. The van der Waals surface area contributed by atoms with E-state index in [9.17, 15) is 16.8 Å². The Kier molecular flexibility index (Phi) is 5.32. The normalized spacial score (nSPS) is 12.1. The van der Waals surface area contributed by atoms with E-state index in [0.717, 1.165) is 6.07 Å². The molecule has 0 spiro atoms. The number of benzene rings is 2. The molecule has 0 aliphatic heterocycles. The zero-order valence-electron chi connectivity index (χ0n) is 8.81. The van der Waals surface area contributed by atoms with Gasteiger partial charge in [0.15, 0.2) is 0 Å². The van der Waals surface area contributed by atoms with Gasteiger partial charge in [0.25, 0.3) is 20.2 Å². The number of rotatable bonds is 2. The first-order chi connectivity index (χ1) is 8.21. The summed E-state index contributed by atoms with van der Waals surface area (Å²) < 4.78 is 63.0. The van der Waals surface area contributed by atoms with Crippen molar-refractivity contribution in [1.29, 1.82) is 0 Å². The maximum atomic E-state index is 11.3. The van der Waals surface area contributed by atoms with Crippen LogP contribution in [0, 0.1) is 0 Å². The summed E-state index contributed by atoms with van der Waals surface area (Å²) in [6.07, 6.45) is 0. The molecule has 0 atom stereocenters. The third-order valence-corrected chi connectivity index (χ3v) is 4.36. The summed E-state index contributed by atoms with van der Waals surface area (Å²) >= 11 is 0. The van der Waals surface area contributed by atoms with Gasteiger partial charge < -0.3 is 0 Å². The van der Waals surface area contributed by atoms with Crippen molar-refractivity contribution in [3.05, 3.63) is 36.4 Å². The van der Waals surface area contributed by atoms with Crippen LogP contribution >= 0.6 is 0 Å². The molecule has 0 aliphatic carbocycles. The topological polar surface area (TPSA) is 109 Å². The Balaban J connectivity index is 0.00000180. The van der Waals surface area contributed by atoms with Crippen molar-refractivity contribution in [2.24, 2.45) is 0 Å². The summed E-state index contributed by atoms with van der Waals surface area (Å²) in [5, 5.41) is 0.452. The van der Waals surface area contributed by atoms with Crippen molar-refractivity contribution in [3.63, 3.8) is 0 Å². The Morgan fingerprint density at radius 3 is 1.89 bits per heavy atom. The molecule has 2 rings (SSSR count). The van der Waals surface area contributed by atoms with Crippen LogP contribution in [0.1, 0.15) is 0 Å². The zero-order chi connectivity index (χ0) is 13.6. The molecule has 0 heterocycles. The van der Waals surface area contributed by atoms with Gasteiger partial charge in [-0.3, -0.25) is 9.11 Å². The van der Waals surface area contributed by atoms with Gasteiger partial charge in [-0.15, -0.1) is 0 Å². The van der Waals surface area contributed by atoms with Gasteiger partial charge in [-0.1, -0.05) is 30.3 Å². The molecule has 19 heavy (non-hydrogen) atoms. The van der Waals surface area contributed by atoms with Gasteiger partial charge in [-0.2, -0.15) is 16.8 Å². The molecule has 2 aromatic rings. The first kappa shape index (κ1) is 17.2. The second-order valence-corrected chi connectivity index (χ2v) is 6.31. The van der Waals surface area contributed by atoms with Crippen LogP contribution in [0.5, 0.6) is 0 Å². The van der Waals surface area contributed by atoms with Crippen molar-refractivity contribution in [1.82, 2.24) is 0 Å². The van der Waals surface area contributed by atoms with E-state index in [-0.39, 0.29) is 56.8 Å². The van der Waals surface area contributed by atoms with Crippen LogP contribution < -0.4 is 0 Å². The molecular formula is C10H9KO6S2. The van der Waals surface area contributed by atoms with Gasteiger partial charge in [-0.05, 0) is 11.5 Å². The third-order valence-electron chi connectivity index (χ3n) is 2.38. The van der Waals surface area contributed by atoms with Crippen LogP contribution in [0.2, 0.25) is 0 Å². The number of hydrogen-bond acceptors (Lipinski definition) is 4. The molecule has 2 N–H and O–H groups in total. The van der Waals surface area contributed by atoms with Gasteiger partial charge in [0.1, 0.15) is 9.79 Å². The van der Waals surface area contributed by atoms with Crippen molar-refractivity contribution >= 4 is 82.4 Å². The van der Waals surface area contributed by atoms with E-state index in [2.05, 4.69) is 0 Å². The number of fused-ring (bicyclic) bond motifs is 1. The summed E-state index contributed by atoms with van der Waals surface area (Å²) in [5.41, 5.74) is 0. The molecule has 98 valence electrons. The molecule has 0 amide bonds. The summed E-state index contributed by atoms with van der Waals surface area (Å²) in [6.45, 7) is 0. The maximum absolute atomic E-state index is 11.3. The molecule has 0 radical (unpaired) electrons. The fraction of sp³-hybridized carbons (Fsp3) is 0. The van der Waals surface area contributed by atoms with Crippen LogP contribution in [-0.4, -0.2) is 77.3 Å². The fourth-order valence-corrected chi connectivity index (χ4v) is 3.69. The second-order valence-electron chi connectivity index (χ2n) is 3.56. The van der Waals surface area contributed by atoms with Gasteiger partial charge >= 0.3 is 51.4 Å². The van der Waals surface area contributed by atoms with Gasteiger partial charge in [0.05, 0.1) is 0 Å². The summed E-state index contributed by atoms with van der Waals surface area (Å²) in [7, 11) is -9.53. The van der Waals surface area contributed by atoms with Gasteiger partial charge in [-0.25, -0.2) is 0 Å². The van der Waals surface area contributed by atoms with Crippen LogP contribution in [0.25, 0.3) is 10.8 Å². The summed E-state index contributed by atoms with van der Waals surface area (Å²) in [6, 6.07) is 8.28. The van der Waals surface area contributed by atoms with E-state index in [4.69, 9.17) is 9.11 Å². The SMILES string of the molecule is O=S(=O)(O)c1ccc2ccccc2c1S(=O)(=O)O.[KH]. The Morgan fingerprint density at radius 1 is 0.789 bits per heavy atom. The molecule has 0 aliphatic rings. The predicted molar refractivity (Wildman–Crippen MR) is 70.7 cm³/mol. The predicted octanol–water partition coefficient (Wildman–Crippen LogP) is 0.685. The quantitative estimate of drug-likeness (QED) is 0.620. The average Bonchev–Trinajstić information content (AvgIpc) is 2.24. The first-order valence-corrected chi connectivity index (χ1v) is 7.56. The fourth-order valence-electron chi connectivity index (χ4n) is 1.69. The number of hydrogen-bond donors (Lipinski definition) is 2. The molecule has 2 aromatic carbocycles. The van der Waals surface area contributed by atoms with Crippen LogP contribution in [0.15, 0.2) is 46.2 Å². The van der Waals surface area contributed by atoms with Crippen LogP contribution in [-0.2, 0) is 20.2 Å². The van der Waals surface area contributed by atoms with E-state index in [1.807, 2.05) is 0 Å². The molecular weight excluding hydrogens is 319 g/mol. The Bertz CT molecular complexity index is 826. The summed E-state index contributed by atoms with van der Waals surface area (Å²) in [4.78, 5) is -1.66. The Morgan fingerprint density at radius 2 is 1.37 bits per heavy atom. The van der Waals surface area contributed by atoms with Crippen molar-refractivity contribution < 1.29 is 25.9 Å². The average molecular weight is 328 g/mol. The van der Waals surface area contributed by atoms with Crippen molar-refractivity contribution in [2.45, 2.75) is 9.79 Å². The molecule has 0 fully saturated rings. The third kappa shape index (κ3) is 3.63. The van der Waals surface area contributed by atoms with Crippen LogP contribution in [0.4, 0.5) is 0 Å². The molecule has 0 unspecified atom stereocenters. The molecule has 0 saturated carbocycles. The van der Waals surface area contributed by atoms with Crippen LogP contribution in [0.3, 0.4) is 0 Å². The molecule has 6 nitrogen and oxygen atoms in total. The van der Waals surface area contributed by atoms with E-state index < -0.39 is 30.0 Å². The van der Waals surface area contributed by atoms with Crippen molar-refractivity contribution in [3.8, 4) is 0 Å². The second kappa shape index (κ2) is 5.88. The van der Waals surface area contributed by atoms with E-state index in [1.54, 1.807) is 12.1 Å². The van der Waals surface area contributed by atoms with E-state index in [1.165, 1.54) is 18.2 Å². The van der Waals surface area contributed by atoms with E-state index in [0.29, 0.717) is 5.39 Å². The molecule has 0 saturated heterocycles. The minimum atomic E-state index is -4.78. The first-order valence-electron chi connectivity index (χ1n) is 4.68. The molecule has 9 heteroatoms. The summed E-state index contributed by atoms with van der Waals surface area (Å²) in [5.74, 6) is 0. The Hall–Kier alpha value is 0.156. The zero-order valence-corrected chi connectivity index (χ0v) is 10.4. The standard InChI is InChI=1S/C10H8O6S2.K.H/c11-17(12,13)9-6-5-7-3-1-2-4-8(7)10(9)18(14,15)16;;/h1-6H,(H,11,12,13)(H,14,15,16);;. The minimum absolute atomic E-state index is 0. The monoisotopic (exact) mass is 328 g/mol. The van der Waals surface area contributed by atoms with Gasteiger partial charge in [0, 0.05) is 5.39 Å². The molecule has 0 aromatic heterocycles. The van der Waals surface area contributed by atoms with Gasteiger partial charge in [0.2, 0.25) is 0 Å². The Labute approximate surface area is 152 Å². The van der Waals surface area contributed by atoms with Crippen molar-refractivity contribution in [2.75, 3.05) is 0 Å². The van der Waals surface area contributed by atoms with E-state index >= 15 is 0 Å².